The predicted molar refractivity (Wildman–Crippen MR) is 132 cm³/mol. The van der Waals surface area contributed by atoms with Gasteiger partial charge in [-0.2, -0.15) is 8.42 Å². The lowest BCUT2D eigenvalue weighted by Gasteiger charge is -1.91. The van der Waals surface area contributed by atoms with Crippen molar-refractivity contribution in [1.82, 2.24) is 0 Å². The molecule has 0 spiro atoms. The molecular weight excluding hydrogens is 479 g/mol. The number of hydrogen-bond acceptors (Lipinski definition) is 4. The van der Waals surface area contributed by atoms with Crippen molar-refractivity contribution in [3.05, 3.63) is 105 Å². The Kier molecular flexibility index (Phi) is 15.3. The summed E-state index contributed by atoms with van der Waals surface area (Å²) in [5, 5.41) is 2.45. The lowest BCUT2D eigenvalue weighted by atomic mass is 10.2. The summed E-state index contributed by atoms with van der Waals surface area (Å²) in [7, 11) is -1.60. The maximum atomic E-state index is 9.92. The van der Waals surface area contributed by atoms with E-state index in [2.05, 4.69) is 8.37 Å². The van der Waals surface area contributed by atoms with E-state index in [1.165, 1.54) is 11.1 Å². The Morgan fingerprint density at radius 3 is 1.48 bits per heavy atom. The van der Waals surface area contributed by atoms with Gasteiger partial charge in [0.25, 0.3) is 0 Å². The highest BCUT2D eigenvalue weighted by Gasteiger charge is 2.01. The highest BCUT2D eigenvalue weighted by Crippen LogP contribution is 2.12. The topological polar surface area (TPSA) is 52.6 Å². The minimum Gasteiger partial charge on any atom is -0.252 e. The van der Waals surface area contributed by atoms with Crippen molar-refractivity contribution in [3.63, 3.8) is 0 Å². The minimum absolute atomic E-state index is 0.801. The first kappa shape index (κ1) is 29.4. The quantitative estimate of drug-likeness (QED) is 0.362. The molecule has 4 nitrogen and oxygen atoms in total. The summed E-state index contributed by atoms with van der Waals surface area (Å²) >= 11 is 17.0. The van der Waals surface area contributed by atoms with E-state index in [1.54, 1.807) is 0 Å². The molecular formula is C23H27Cl3O4S. The van der Waals surface area contributed by atoms with Crippen LogP contribution >= 0.6 is 34.8 Å². The first-order valence-electron chi connectivity index (χ1n) is 9.02. The third kappa shape index (κ3) is 15.8. The number of benzene rings is 3. The summed E-state index contributed by atoms with van der Waals surface area (Å²) in [5.74, 6) is 0. The Morgan fingerprint density at radius 2 is 1.19 bits per heavy atom. The first-order chi connectivity index (χ1) is 14.5. The van der Waals surface area contributed by atoms with Crippen molar-refractivity contribution in [3.8, 4) is 0 Å². The molecule has 0 atom stereocenters. The molecule has 8 heteroatoms. The van der Waals surface area contributed by atoms with Crippen LogP contribution in [0.4, 0.5) is 0 Å². The Balaban J connectivity index is 0.000000388. The second-order valence-corrected chi connectivity index (χ2v) is 8.85. The molecule has 31 heavy (non-hydrogen) atoms. The van der Waals surface area contributed by atoms with E-state index < -0.39 is 10.4 Å². The Morgan fingerprint density at radius 1 is 0.645 bits per heavy atom. The number of rotatable bonds is 2. The van der Waals surface area contributed by atoms with Crippen LogP contribution in [-0.4, -0.2) is 22.6 Å². The molecule has 0 N–H and O–H groups in total. The zero-order chi connectivity index (χ0) is 23.9. The van der Waals surface area contributed by atoms with Gasteiger partial charge in [0.2, 0.25) is 0 Å². The van der Waals surface area contributed by atoms with Crippen molar-refractivity contribution in [2.24, 2.45) is 0 Å². The second kappa shape index (κ2) is 16.1. The monoisotopic (exact) mass is 504 g/mol. The SMILES string of the molecule is COS(=O)(=O)OC.Cc1ccc(Cl)cc1.Cc1cccc(Cl)c1.Cc1ccccc1Cl. The maximum Gasteiger partial charge on any atom is 0.399 e. The molecule has 170 valence electrons. The fourth-order valence-corrected chi connectivity index (χ4v) is 2.40. The highest BCUT2D eigenvalue weighted by molar-refractivity contribution is 7.81. The molecule has 3 aromatic rings. The van der Waals surface area contributed by atoms with Gasteiger partial charge in [-0.1, -0.05) is 82.8 Å². The Hall–Kier alpha value is -1.60. The molecule has 0 fully saturated rings. The van der Waals surface area contributed by atoms with E-state index in [-0.39, 0.29) is 0 Å². The zero-order valence-electron chi connectivity index (χ0n) is 18.1. The van der Waals surface area contributed by atoms with Crippen molar-refractivity contribution in [2.75, 3.05) is 14.2 Å². The van der Waals surface area contributed by atoms with Gasteiger partial charge in [-0.25, -0.2) is 0 Å². The molecule has 0 bridgehead atoms. The van der Waals surface area contributed by atoms with Gasteiger partial charge in [-0.15, -0.1) is 0 Å². The lowest BCUT2D eigenvalue weighted by Crippen LogP contribution is -2.02. The fraction of sp³-hybridized carbons (Fsp3) is 0.217. The zero-order valence-corrected chi connectivity index (χ0v) is 21.2. The summed E-state index contributed by atoms with van der Waals surface area (Å²) in [4.78, 5) is 0. The molecule has 0 aliphatic carbocycles. The van der Waals surface area contributed by atoms with Gasteiger partial charge >= 0.3 is 10.4 Å². The average Bonchev–Trinajstić information content (AvgIpc) is 2.74. The van der Waals surface area contributed by atoms with Gasteiger partial charge in [-0.05, 0) is 62.2 Å². The van der Waals surface area contributed by atoms with Gasteiger partial charge < -0.3 is 0 Å². The van der Waals surface area contributed by atoms with Crippen LogP contribution in [0, 0.1) is 20.8 Å². The van der Waals surface area contributed by atoms with Crippen LogP contribution in [0.25, 0.3) is 0 Å². The van der Waals surface area contributed by atoms with E-state index in [9.17, 15) is 8.42 Å². The summed E-state index contributed by atoms with van der Waals surface area (Å²) in [5.41, 5.74) is 3.58. The smallest absolute Gasteiger partial charge is 0.252 e. The molecule has 0 saturated heterocycles. The van der Waals surface area contributed by atoms with Gasteiger partial charge in [0.05, 0.1) is 14.2 Å². The summed E-state index contributed by atoms with van der Waals surface area (Å²) in [6.07, 6.45) is 0. The van der Waals surface area contributed by atoms with Gasteiger partial charge in [0.1, 0.15) is 0 Å². The molecule has 0 aliphatic heterocycles. The molecule has 0 amide bonds. The van der Waals surface area contributed by atoms with Crippen LogP contribution in [0.2, 0.25) is 15.1 Å². The number of hydrogen-bond donors (Lipinski definition) is 0. The molecule has 3 rings (SSSR count). The first-order valence-corrected chi connectivity index (χ1v) is 11.5. The van der Waals surface area contributed by atoms with Crippen LogP contribution in [0.15, 0.2) is 72.8 Å². The fourth-order valence-electron chi connectivity index (χ4n) is 1.76. The normalized spacial score (nSPS) is 9.81. The van der Waals surface area contributed by atoms with Crippen LogP contribution in [-0.2, 0) is 18.8 Å². The molecule has 0 unspecified atom stereocenters. The van der Waals surface area contributed by atoms with Gasteiger partial charge in [0, 0.05) is 15.1 Å². The predicted octanol–water partition coefficient (Wildman–Crippen LogP) is 7.47. The van der Waals surface area contributed by atoms with Gasteiger partial charge in [0.15, 0.2) is 0 Å². The molecule has 0 radical (unpaired) electrons. The largest absolute Gasteiger partial charge is 0.399 e. The standard InChI is InChI=1S/3C7H7Cl.C2H6O4S/c1-6-2-4-7(8)5-3-6;1-6-3-2-4-7(8)5-6;1-6-4-2-3-5-7(6)8;1-5-7(3,4)6-2/h3*2-5H,1H3;1-2H3. The van der Waals surface area contributed by atoms with Crippen molar-refractivity contribution < 1.29 is 16.8 Å². The molecule has 0 aromatic heterocycles. The highest BCUT2D eigenvalue weighted by atomic mass is 35.5. The van der Waals surface area contributed by atoms with Crippen LogP contribution in [0.5, 0.6) is 0 Å². The second-order valence-electron chi connectivity index (χ2n) is 6.09. The third-order valence-corrected chi connectivity index (χ3v) is 5.20. The Labute approximate surface area is 201 Å². The number of halogens is 3. The lowest BCUT2D eigenvalue weighted by molar-refractivity contribution is 0.286. The van der Waals surface area contributed by atoms with E-state index >= 15 is 0 Å². The molecule has 3 aromatic carbocycles. The van der Waals surface area contributed by atoms with Crippen molar-refractivity contribution in [2.45, 2.75) is 20.8 Å². The summed E-state index contributed by atoms with van der Waals surface area (Å²) in [6.45, 7) is 6.05. The third-order valence-electron chi connectivity index (χ3n) is 3.48. The minimum atomic E-state index is -3.66. The summed E-state index contributed by atoms with van der Waals surface area (Å²) in [6, 6.07) is 23.3. The van der Waals surface area contributed by atoms with Crippen molar-refractivity contribution >= 4 is 45.2 Å². The molecule has 0 heterocycles. The van der Waals surface area contributed by atoms with Gasteiger partial charge in [-0.3, -0.25) is 8.37 Å². The molecule has 0 saturated carbocycles. The van der Waals surface area contributed by atoms with Crippen LogP contribution in [0.3, 0.4) is 0 Å². The Bertz CT molecular complexity index is 922. The van der Waals surface area contributed by atoms with Crippen LogP contribution in [0.1, 0.15) is 16.7 Å². The number of aryl methyl sites for hydroxylation is 3. The van der Waals surface area contributed by atoms with E-state index in [0.29, 0.717) is 0 Å². The maximum absolute atomic E-state index is 9.92. The molecule has 0 aliphatic rings. The van der Waals surface area contributed by atoms with Crippen molar-refractivity contribution in [1.29, 1.82) is 0 Å². The van der Waals surface area contributed by atoms with E-state index in [0.717, 1.165) is 34.9 Å². The summed E-state index contributed by atoms with van der Waals surface area (Å²) < 4.78 is 27.5. The van der Waals surface area contributed by atoms with Crippen LogP contribution < -0.4 is 0 Å². The van der Waals surface area contributed by atoms with E-state index in [4.69, 9.17) is 34.8 Å². The average molecular weight is 506 g/mol. The van der Waals surface area contributed by atoms with E-state index in [1.807, 2.05) is 93.6 Å².